The van der Waals surface area contributed by atoms with Crippen molar-refractivity contribution in [3.05, 3.63) is 35.6 Å². The molecule has 1 unspecified atom stereocenters. The highest BCUT2D eigenvalue weighted by Crippen LogP contribution is 2.62. The molecule has 1 aliphatic rings. The van der Waals surface area contributed by atoms with Gasteiger partial charge in [0.15, 0.2) is 0 Å². The molecule has 0 N–H and O–H groups in total. The molecular formula is C9H7Br2F. The molecule has 1 fully saturated rings. The van der Waals surface area contributed by atoms with Gasteiger partial charge in [0.25, 0.3) is 0 Å². The number of halogens is 3. The molecular weight excluding hydrogens is 287 g/mol. The van der Waals surface area contributed by atoms with Gasteiger partial charge >= 0.3 is 0 Å². The Labute approximate surface area is 87.4 Å². The Balaban J connectivity index is 2.21. The predicted octanol–water partition coefficient (Wildman–Crippen LogP) is 3.80. The Bertz CT molecular complexity index is 292. The maximum Gasteiger partial charge on any atom is 0.123 e. The van der Waals surface area contributed by atoms with Gasteiger partial charge in [0, 0.05) is 5.92 Å². The molecule has 0 bridgehead atoms. The van der Waals surface area contributed by atoms with Crippen LogP contribution in [-0.4, -0.2) is 3.23 Å². The lowest BCUT2D eigenvalue weighted by molar-refractivity contribution is 0.627. The summed E-state index contributed by atoms with van der Waals surface area (Å²) in [6, 6.07) is 6.68. The van der Waals surface area contributed by atoms with Gasteiger partial charge in [-0.15, -0.1) is 0 Å². The predicted molar refractivity (Wildman–Crippen MR) is 54.3 cm³/mol. The molecule has 1 saturated carbocycles. The molecule has 64 valence electrons. The molecule has 1 aromatic rings. The minimum Gasteiger partial charge on any atom is -0.207 e. The normalized spacial score (nSPS) is 25.4. The van der Waals surface area contributed by atoms with E-state index in [-0.39, 0.29) is 9.05 Å². The molecule has 0 aliphatic heterocycles. The minimum atomic E-state index is -0.172. The maximum atomic E-state index is 12.5. The van der Waals surface area contributed by atoms with Crippen LogP contribution in [0.2, 0.25) is 0 Å². The van der Waals surface area contributed by atoms with Crippen molar-refractivity contribution in [2.75, 3.05) is 0 Å². The van der Waals surface area contributed by atoms with Crippen molar-refractivity contribution in [3.63, 3.8) is 0 Å². The first-order chi connectivity index (χ1) is 5.59. The van der Waals surface area contributed by atoms with Gasteiger partial charge in [-0.2, -0.15) is 0 Å². The van der Waals surface area contributed by atoms with Crippen LogP contribution in [0, 0.1) is 5.82 Å². The summed E-state index contributed by atoms with van der Waals surface area (Å²) in [5.74, 6) is 0.312. The highest BCUT2D eigenvalue weighted by Gasteiger charge is 2.50. The summed E-state index contributed by atoms with van der Waals surface area (Å²) in [4.78, 5) is 0. The highest BCUT2D eigenvalue weighted by atomic mass is 79.9. The SMILES string of the molecule is Fc1ccc(C2CC2(Br)Br)cc1. The lowest BCUT2D eigenvalue weighted by atomic mass is 10.1. The summed E-state index contributed by atoms with van der Waals surface area (Å²) in [5.41, 5.74) is 1.19. The summed E-state index contributed by atoms with van der Waals surface area (Å²) in [5, 5.41) is 0. The zero-order valence-corrected chi connectivity index (χ0v) is 9.40. The monoisotopic (exact) mass is 292 g/mol. The van der Waals surface area contributed by atoms with E-state index < -0.39 is 0 Å². The van der Waals surface area contributed by atoms with Gasteiger partial charge in [0.1, 0.15) is 5.82 Å². The number of rotatable bonds is 1. The number of benzene rings is 1. The van der Waals surface area contributed by atoms with Crippen LogP contribution in [0.1, 0.15) is 17.9 Å². The lowest BCUT2D eigenvalue weighted by Gasteiger charge is -1.99. The van der Waals surface area contributed by atoms with Gasteiger partial charge in [0.05, 0.1) is 3.23 Å². The first-order valence-electron chi connectivity index (χ1n) is 3.73. The fourth-order valence-corrected chi connectivity index (χ4v) is 2.45. The number of hydrogen-bond acceptors (Lipinski definition) is 0. The average molecular weight is 294 g/mol. The van der Waals surface area contributed by atoms with Crippen LogP contribution in [0.15, 0.2) is 24.3 Å². The van der Waals surface area contributed by atoms with E-state index in [0.29, 0.717) is 5.92 Å². The zero-order valence-electron chi connectivity index (χ0n) is 6.23. The molecule has 1 aromatic carbocycles. The van der Waals surface area contributed by atoms with Crippen LogP contribution < -0.4 is 0 Å². The third-order valence-electron chi connectivity index (χ3n) is 2.10. The van der Waals surface area contributed by atoms with Crippen molar-refractivity contribution in [1.82, 2.24) is 0 Å². The second-order valence-corrected chi connectivity index (χ2v) is 6.96. The van der Waals surface area contributed by atoms with E-state index in [4.69, 9.17) is 0 Å². The van der Waals surface area contributed by atoms with Gasteiger partial charge in [-0.3, -0.25) is 0 Å². The van der Waals surface area contributed by atoms with Gasteiger partial charge in [-0.1, -0.05) is 44.0 Å². The van der Waals surface area contributed by atoms with Crippen molar-refractivity contribution in [3.8, 4) is 0 Å². The van der Waals surface area contributed by atoms with Crippen molar-refractivity contribution in [1.29, 1.82) is 0 Å². The second-order valence-electron chi connectivity index (χ2n) is 3.07. The molecule has 1 aliphatic carbocycles. The summed E-state index contributed by atoms with van der Waals surface area (Å²) in [7, 11) is 0. The summed E-state index contributed by atoms with van der Waals surface area (Å²) in [6.45, 7) is 0. The first kappa shape index (κ1) is 8.70. The van der Waals surface area contributed by atoms with Gasteiger partial charge < -0.3 is 0 Å². The zero-order chi connectivity index (χ0) is 8.77. The van der Waals surface area contributed by atoms with Crippen LogP contribution in [0.5, 0.6) is 0 Å². The van der Waals surface area contributed by atoms with Crippen molar-refractivity contribution in [2.24, 2.45) is 0 Å². The van der Waals surface area contributed by atoms with Crippen molar-refractivity contribution >= 4 is 31.9 Å². The second kappa shape index (κ2) is 2.81. The number of alkyl halides is 2. The Kier molecular flexibility index (Phi) is 2.04. The molecule has 3 heteroatoms. The Hall–Kier alpha value is 0.110. The van der Waals surface area contributed by atoms with Crippen LogP contribution in [0.25, 0.3) is 0 Å². The van der Waals surface area contributed by atoms with E-state index >= 15 is 0 Å². The first-order valence-corrected chi connectivity index (χ1v) is 5.31. The fourth-order valence-electron chi connectivity index (χ4n) is 1.27. The molecule has 0 spiro atoms. The summed E-state index contributed by atoms with van der Waals surface area (Å²) >= 11 is 7.06. The third-order valence-corrected chi connectivity index (χ3v) is 3.85. The van der Waals surface area contributed by atoms with Gasteiger partial charge in [-0.05, 0) is 24.1 Å². The minimum absolute atomic E-state index is 0.0673. The van der Waals surface area contributed by atoms with Crippen molar-refractivity contribution in [2.45, 2.75) is 15.6 Å². The van der Waals surface area contributed by atoms with E-state index in [0.717, 1.165) is 6.42 Å². The van der Waals surface area contributed by atoms with Crippen LogP contribution in [-0.2, 0) is 0 Å². The summed E-state index contributed by atoms with van der Waals surface area (Å²) in [6.07, 6.45) is 1.07. The van der Waals surface area contributed by atoms with Gasteiger partial charge in [0.2, 0.25) is 0 Å². The topological polar surface area (TPSA) is 0 Å². The van der Waals surface area contributed by atoms with E-state index in [1.165, 1.54) is 17.7 Å². The Morgan fingerprint density at radius 3 is 2.17 bits per heavy atom. The Morgan fingerprint density at radius 2 is 1.75 bits per heavy atom. The number of hydrogen-bond donors (Lipinski definition) is 0. The van der Waals surface area contributed by atoms with E-state index in [1.807, 2.05) is 12.1 Å². The van der Waals surface area contributed by atoms with E-state index in [9.17, 15) is 4.39 Å². The molecule has 12 heavy (non-hydrogen) atoms. The standard InChI is InChI=1S/C9H7Br2F/c10-9(11)5-8(9)6-1-3-7(12)4-2-6/h1-4,8H,5H2. The Morgan fingerprint density at radius 1 is 1.25 bits per heavy atom. The quantitative estimate of drug-likeness (QED) is 0.691. The largest absolute Gasteiger partial charge is 0.207 e. The molecule has 1 atom stereocenters. The van der Waals surface area contributed by atoms with Crippen LogP contribution in [0.3, 0.4) is 0 Å². The third kappa shape index (κ3) is 1.57. The highest BCUT2D eigenvalue weighted by molar-refractivity contribution is 9.25. The molecule has 0 radical (unpaired) electrons. The molecule has 0 heterocycles. The smallest absolute Gasteiger partial charge is 0.123 e. The molecule has 0 saturated heterocycles. The van der Waals surface area contributed by atoms with Gasteiger partial charge in [-0.25, -0.2) is 4.39 Å². The lowest BCUT2D eigenvalue weighted by Crippen LogP contribution is -1.88. The van der Waals surface area contributed by atoms with E-state index in [2.05, 4.69) is 31.9 Å². The molecule has 2 rings (SSSR count). The summed E-state index contributed by atoms with van der Waals surface area (Å²) < 4.78 is 12.6. The molecule has 0 amide bonds. The van der Waals surface area contributed by atoms with Crippen LogP contribution >= 0.6 is 31.9 Å². The van der Waals surface area contributed by atoms with Crippen molar-refractivity contribution < 1.29 is 4.39 Å². The average Bonchev–Trinajstić information content (AvgIpc) is 2.61. The molecule has 0 aromatic heterocycles. The fraction of sp³-hybridized carbons (Fsp3) is 0.333. The maximum absolute atomic E-state index is 12.5. The van der Waals surface area contributed by atoms with E-state index in [1.54, 1.807) is 0 Å². The molecule has 0 nitrogen and oxygen atoms in total. The van der Waals surface area contributed by atoms with Crippen LogP contribution in [0.4, 0.5) is 4.39 Å².